The molecule has 0 aliphatic rings. The maximum atomic E-state index is 12.7. The van der Waals surface area contributed by atoms with Crippen LogP contribution >= 0.6 is 11.6 Å². The molecule has 2 rings (SSSR count). The van der Waals surface area contributed by atoms with Crippen LogP contribution in [0.1, 0.15) is 48.7 Å². The summed E-state index contributed by atoms with van der Waals surface area (Å²) in [6.07, 6.45) is 0.749. The van der Waals surface area contributed by atoms with Gasteiger partial charge in [-0.25, -0.2) is 0 Å². The number of benzene rings is 2. The topological polar surface area (TPSA) is 78.4 Å². The molecule has 0 heterocycles. The number of carbonyl (C=O) groups is 2. The maximum Gasteiger partial charge on any atom is 0.253 e. The van der Waals surface area contributed by atoms with E-state index in [1.165, 1.54) is 0 Å². The number of aliphatic hydroxyl groups is 1. The summed E-state index contributed by atoms with van der Waals surface area (Å²) in [5.41, 5.74) is 1.18. The molecular weight excluding hydrogens is 376 g/mol. The van der Waals surface area contributed by atoms with Crippen LogP contribution in [-0.2, 0) is 4.79 Å². The molecule has 2 atom stereocenters. The Hall–Kier alpha value is -2.37. The van der Waals surface area contributed by atoms with E-state index >= 15 is 0 Å². The minimum atomic E-state index is -0.511. The molecule has 6 heteroatoms. The number of rotatable bonds is 9. The average Bonchev–Trinajstić information content (AvgIpc) is 2.67. The Labute approximate surface area is 171 Å². The maximum absolute atomic E-state index is 12.7. The number of halogens is 1. The summed E-state index contributed by atoms with van der Waals surface area (Å²) in [6, 6.07) is 15.3. The molecule has 2 aromatic rings. The third kappa shape index (κ3) is 6.66. The lowest BCUT2D eigenvalue weighted by Gasteiger charge is -2.22. The molecule has 28 heavy (non-hydrogen) atoms. The van der Waals surface area contributed by atoms with Gasteiger partial charge in [-0.3, -0.25) is 9.59 Å². The van der Waals surface area contributed by atoms with Crippen molar-refractivity contribution in [2.45, 2.75) is 38.8 Å². The van der Waals surface area contributed by atoms with Gasteiger partial charge in [0.25, 0.3) is 5.91 Å². The normalized spacial score (nSPS) is 13.0. The van der Waals surface area contributed by atoms with Crippen LogP contribution in [0, 0.1) is 5.92 Å². The zero-order valence-electron chi connectivity index (χ0n) is 16.2. The quantitative estimate of drug-likeness (QED) is 0.598. The first kappa shape index (κ1) is 21.9. The third-order valence-electron chi connectivity index (χ3n) is 4.36. The predicted octanol–water partition coefficient (Wildman–Crippen LogP) is 3.72. The van der Waals surface area contributed by atoms with E-state index in [2.05, 4.69) is 10.6 Å². The fourth-order valence-corrected chi connectivity index (χ4v) is 3.26. The Morgan fingerprint density at radius 1 is 1.00 bits per heavy atom. The van der Waals surface area contributed by atoms with Crippen LogP contribution < -0.4 is 10.6 Å². The molecule has 0 radical (unpaired) electrons. The van der Waals surface area contributed by atoms with Crippen LogP contribution in [0.2, 0.25) is 5.02 Å². The summed E-state index contributed by atoms with van der Waals surface area (Å²) in [5.74, 6) is -0.219. The van der Waals surface area contributed by atoms with Crippen molar-refractivity contribution in [3.63, 3.8) is 0 Å². The third-order valence-corrected chi connectivity index (χ3v) is 4.69. The lowest BCUT2D eigenvalue weighted by Crippen LogP contribution is -2.41. The van der Waals surface area contributed by atoms with E-state index in [9.17, 15) is 14.7 Å². The fraction of sp³-hybridized carbons (Fsp3) is 0.364. The van der Waals surface area contributed by atoms with Crippen molar-refractivity contribution in [1.82, 2.24) is 10.6 Å². The molecule has 0 fully saturated rings. The molecule has 0 unspecified atom stereocenters. The van der Waals surface area contributed by atoms with Crippen molar-refractivity contribution >= 4 is 23.4 Å². The summed E-state index contributed by atoms with van der Waals surface area (Å²) >= 11 is 6.12. The summed E-state index contributed by atoms with van der Waals surface area (Å²) in [7, 11) is 0. The van der Waals surface area contributed by atoms with E-state index in [0.29, 0.717) is 22.9 Å². The first-order valence-electron chi connectivity index (χ1n) is 9.41. The number of hydrogen-bond donors (Lipinski definition) is 3. The zero-order chi connectivity index (χ0) is 20.5. The van der Waals surface area contributed by atoms with Crippen molar-refractivity contribution in [2.75, 3.05) is 6.61 Å². The van der Waals surface area contributed by atoms with E-state index in [4.69, 9.17) is 11.6 Å². The lowest BCUT2D eigenvalue weighted by molar-refractivity contribution is -0.122. The van der Waals surface area contributed by atoms with Gasteiger partial charge >= 0.3 is 0 Å². The second kappa shape index (κ2) is 10.8. The Kier molecular flexibility index (Phi) is 8.48. The highest BCUT2D eigenvalue weighted by Crippen LogP contribution is 2.20. The van der Waals surface area contributed by atoms with Gasteiger partial charge in [-0.1, -0.05) is 67.9 Å². The Bertz CT molecular complexity index is 780. The fourth-order valence-electron chi connectivity index (χ4n) is 3.04. The molecule has 0 saturated carbocycles. The SMILES string of the molecule is CC(C)C[C@@H](CO)NC(=O)C[C@H](NC(=O)c1ccccc1Cl)c1ccccc1. The smallest absolute Gasteiger partial charge is 0.253 e. The second-order valence-electron chi connectivity index (χ2n) is 7.20. The largest absolute Gasteiger partial charge is 0.394 e. The highest BCUT2D eigenvalue weighted by Gasteiger charge is 2.22. The summed E-state index contributed by atoms with van der Waals surface area (Å²) < 4.78 is 0. The van der Waals surface area contributed by atoms with Gasteiger partial charge < -0.3 is 15.7 Å². The molecule has 0 aromatic heterocycles. The van der Waals surface area contributed by atoms with Gasteiger partial charge in [0, 0.05) is 0 Å². The van der Waals surface area contributed by atoms with Gasteiger partial charge in [-0.2, -0.15) is 0 Å². The first-order chi connectivity index (χ1) is 13.4. The van der Waals surface area contributed by atoms with Crippen molar-refractivity contribution in [3.8, 4) is 0 Å². The van der Waals surface area contributed by atoms with Gasteiger partial charge in [0.1, 0.15) is 0 Å². The molecule has 2 aromatic carbocycles. The minimum Gasteiger partial charge on any atom is -0.394 e. The summed E-state index contributed by atoms with van der Waals surface area (Å²) in [6.45, 7) is 3.95. The molecule has 2 amide bonds. The molecule has 0 spiro atoms. The standard InChI is InChI=1S/C22H27ClN2O3/c1-15(2)12-17(14-26)24-21(27)13-20(16-8-4-3-5-9-16)25-22(28)18-10-6-7-11-19(18)23/h3-11,15,17,20,26H,12-14H2,1-2H3,(H,24,27)(H,25,28)/t17-,20-/m0/s1. The van der Waals surface area contributed by atoms with Crippen molar-refractivity contribution in [2.24, 2.45) is 5.92 Å². The minimum absolute atomic E-state index is 0.0643. The van der Waals surface area contributed by atoms with E-state index in [0.717, 1.165) is 5.56 Å². The van der Waals surface area contributed by atoms with Crippen molar-refractivity contribution < 1.29 is 14.7 Å². The number of amides is 2. The Morgan fingerprint density at radius 2 is 1.64 bits per heavy atom. The van der Waals surface area contributed by atoms with Gasteiger partial charge in [0.2, 0.25) is 5.91 Å². The highest BCUT2D eigenvalue weighted by molar-refractivity contribution is 6.33. The number of hydrogen-bond acceptors (Lipinski definition) is 3. The van der Waals surface area contributed by atoms with Crippen LogP contribution in [0.15, 0.2) is 54.6 Å². The Balaban J connectivity index is 2.13. The van der Waals surface area contributed by atoms with Crippen LogP contribution in [0.25, 0.3) is 0 Å². The average molecular weight is 403 g/mol. The lowest BCUT2D eigenvalue weighted by atomic mass is 10.0. The summed E-state index contributed by atoms with van der Waals surface area (Å²) in [4.78, 5) is 25.3. The molecule has 0 aliphatic carbocycles. The highest BCUT2D eigenvalue weighted by atomic mass is 35.5. The first-order valence-corrected chi connectivity index (χ1v) is 9.79. The van der Waals surface area contributed by atoms with Crippen molar-refractivity contribution in [1.29, 1.82) is 0 Å². The molecule has 5 nitrogen and oxygen atoms in total. The predicted molar refractivity (Wildman–Crippen MR) is 111 cm³/mol. The van der Waals surface area contributed by atoms with E-state index in [-0.39, 0.29) is 30.9 Å². The summed E-state index contributed by atoms with van der Waals surface area (Å²) in [5, 5.41) is 15.6. The second-order valence-corrected chi connectivity index (χ2v) is 7.60. The number of carbonyl (C=O) groups excluding carboxylic acids is 2. The molecule has 150 valence electrons. The van der Waals surface area contributed by atoms with Crippen molar-refractivity contribution in [3.05, 3.63) is 70.7 Å². The zero-order valence-corrected chi connectivity index (χ0v) is 16.9. The molecule has 3 N–H and O–H groups in total. The number of aliphatic hydroxyl groups excluding tert-OH is 1. The van der Waals surface area contributed by atoms with Crippen LogP contribution in [0.5, 0.6) is 0 Å². The molecule has 0 saturated heterocycles. The van der Waals surface area contributed by atoms with Crippen LogP contribution in [0.3, 0.4) is 0 Å². The monoisotopic (exact) mass is 402 g/mol. The van der Waals surface area contributed by atoms with Gasteiger partial charge in [0.15, 0.2) is 0 Å². The van der Waals surface area contributed by atoms with E-state index in [1.54, 1.807) is 24.3 Å². The van der Waals surface area contributed by atoms with Gasteiger partial charge in [-0.05, 0) is 30.0 Å². The van der Waals surface area contributed by atoms with Gasteiger partial charge in [0.05, 0.1) is 35.7 Å². The van der Waals surface area contributed by atoms with Crippen LogP contribution in [0.4, 0.5) is 0 Å². The van der Waals surface area contributed by atoms with Gasteiger partial charge in [-0.15, -0.1) is 0 Å². The van der Waals surface area contributed by atoms with E-state index in [1.807, 2.05) is 44.2 Å². The number of nitrogens with one attached hydrogen (secondary N) is 2. The van der Waals surface area contributed by atoms with Crippen LogP contribution in [-0.4, -0.2) is 29.6 Å². The molecule has 0 aliphatic heterocycles. The molecular formula is C22H27ClN2O3. The molecule has 0 bridgehead atoms. The Morgan fingerprint density at radius 3 is 2.25 bits per heavy atom. The van der Waals surface area contributed by atoms with E-state index < -0.39 is 6.04 Å².